The van der Waals surface area contributed by atoms with Gasteiger partial charge in [0.2, 0.25) is 0 Å². The number of hydrogen-bond donors (Lipinski definition) is 2. The zero-order valence-electron chi connectivity index (χ0n) is 10.1. The Morgan fingerprint density at radius 2 is 1.95 bits per heavy atom. The summed E-state index contributed by atoms with van der Waals surface area (Å²) in [6.07, 6.45) is 3.19. The minimum absolute atomic E-state index is 0.103. The van der Waals surface area contributed by atoms with Crippen LogP contribution in [0, 0.1) is 5.92 Å². The van der Waals surface area contributed by atoms with Crippen LogP contribution in [0.5, 0.6) is 0 Å². The largest absolute Gasteiger partial charge is 0.481 e. The van der Waals surface area contributed by atoms with Crippen molar-refractivity contribution in [1.29, 1.82) is 0 Å². The topological polar surface area (TPSA) is 49.3 Å². The van der Waals surface area contributed by atoms with Gasteiger partial charge in [-0.1, -0.05) is 45.6 Å². The van der Waals surface area contributed by atoms with E-state index in [0.717, 1.165) is 23.7 Å². The van der Waals surface area contributed by atoms with E-state index in [1.807, 2.05) is 0 Å². The summed E-state index contributed by atoms with van der Waals surface area (Å²) in [5.74, 6) is -1.00. The van der Waals surface area contributed by atoms with Gasteiger partial charge in [0, 0.05) is 10.5 Å². The van der Waals surface area contributed by atoms with E-state index in [4.69, 9.17) is 28.3 Å². The summed E-state index contributed by atoms with van der Waals surface area (Å²) >= 11 is 15.6. The molecule has 1 fully saturated rings. The molecule has 1 saturated carbocycles. The first-order valence-electron chi connectivity index (χ1n) is 6.11. The third-order valence-corrected chi connectivity index (χ3v) is 4.43. The summed E-state index contributed by atoms with van der Waals surface area (Å²) < 4.78 is 0.820. The lowest BCUT2D eigenvalue weighted by Crippen LogP contribution is -2.31. The monoisotopic (exact) mass is 365 g/mol. The maximum absolute atomic E-state index is 11.0. The van der Waals surface area contributed by atoms with Crippen molar-refractivity contribution in [2.75, 3.05) is 5.32 Å². The molecule has 0 spiro atoms. The Balaban J connectivity index is 2.11. The molecule has 1 aliphatic carbocycles. The lowest BCUT2D eigenvalue weighted by atomic mass is 9.85. The van der Waals surface area contributed by atoms with Gasteiger partial charge in [-0.3, -0.25) is 4.79 Å². The van der Waals surface area contributed by atoms with Gasteiger partial charge in [-0.25, -0.2) is 0 Å². The highest BCUT2D eigenvalue weighted by atomic mass is 79.9. The highest BCUT2D eigenvalue weighted by Gasteiger charge is 2.27. The van der Waals surface area contributed by atoms with Crippen LogP contribution in [0.15, 0.2) is 16.6 Å². The van der Waals surface area contributed by atoms with Gasteiger partial charge in [0.05, 0.1) is 21.7 Å². The summed E-state index contributed by atoms with van der Waals surface area (Å²) in [5, 5.41) is 13.4. The Bertz CT molecular complexity index is 473. The first-order valence-corrected chi connectivity index (χ1v) is 7.66. The van der Waals surface area contributed by atoms with Crippen molar-refractivity contribution in [2.24, 2.45) is 5.92 Å². The molecule has 0 heterocycles. The lowest BCUT2D eigenvalue weighted by Gasteiger charge is -2.28. The standard InChI is InChI=1S/C13H14BrCl2NO2/c14-8-5-10(15)12(11(16)6-8)17-9-3-1-2-7(4-9)13(18)19/h5-7,9,17H,1-4H2,(H,18,19). The molecular weight excluding hydrogens is 353 g/mol. The fourth-order valence-corrected chi connectivity index (χ4v) is 3.75. The van der Waals surface area contributed by atoms with Gasteiger partial charge >= 0.3 is 5.97 Å². The molecule has 0 aromatic heterocycles. The van der Waals surface area contributed by atoms with Crippen LogP contribution in [0.4, 0.5) is 5.69 Å². The van der Waals surface area contributed by atoms with E-state index in [1.165, 1.54) is 0 Å². The molecule has 1 aromatic carbocycles. The van der Waals surface area contributed by atoms with Crippen LogP contribution in [0.2, 0.25) is 10.0 Å². The average Bonchev–Trinajstić information content (AvgIpc) is 2.34. The summed E-state index contributed by atoms with van der Waals surface area (Å²) in [4.78, 5) is 11.0. The number of benzene rings is 1. The number of carboxylic acids is 1. The van der Waals surface area contributed by atoms with Gasteiger partial charge in [0.15, 0.2) is 0 Å². The number of halogens is 3. The van der Waals surface area contributed by atoms with E-state index >= 15 is 0 Å². The van der Waals surface area contributed by atoms with Gasteiger partial charge in [0.25, 0.3) is 0 Å². The normalized spacial score (nSPS) is 23.1. The number of carboxylic acid groups (broad SMARTS) is 1. The van der Waals surface area contributed by atoms with Crippen LogP contribution in [0.3, 0.4) is 0 Å². The number of nitrogens with one attached hydrogen (secondary N) is 1. The average molecular weight is 367 g/mol. The smallest absolute Gasteiger partial charge is 0.306 e. The molecule has 1 aliphatic rings. The molecule has 1 aromatic rings. The van der Waals surface area contributed by atoms with E-state index in [-0.39, 0.29) is 12.0 Å². The second-order valence-corrected chi connectivity index (χ2v) is 6.52. The Kier molecular flexibility index (Phi) is 4.98. The van der Waals surface area contributed by atoms with Crippen LogP contribution in [0.1, 0.15) is 25.7 Å². The van der Waals surface area contributed by atoms with Crippen molar-refractivity contribution in [3.8, 4) is 0 Å². The van der Waals surface area contributed by atoms with Gasteiger partial charge in [0.1, 0.15) is 0 Å². The maximum Gasteiger partial charge on any atom is 0.306 e. The molecule has 2 unspecified atom stereocenters. The van der Waals surface area contributed by atoms with Crippen molar-refractivity contribution in [3.05, 3.63) is 26.7 Å². The molecule has 2 N–H and O–H groups in total. The van der Waals surface area contributed by atoms with Gasteiger partial charge in [-0.05, 0) is 31.4 Å². The Morgan fingerprint density at radius 3 is 2.53 bits per heavy atom. The van der Waals surface area contributed by atoms with Crippen LogP contribution >= 0.6 is 39.1 Å². The van der Waals surface area contributed by atoms with Crippen molar-refractivity contribution < 1.29 is 9.90 Å². The number of hydrogen-bond acceptors (Lipinski definition) is 2. The third-order valence-electron chi connectivity index (χ3n) is 3.38. The Morgan fingerprint density at radius 1 is 1.32 bits per heavy atom. The summed E-state index contributed by atoms with van der Waals surface area (Å²) in [5.41, 5.74) is 0.683. The van der Waals surface area contributed by atoms with Crippen molar-refractivity contribution >= 4 is 50.8 Å². The Labute approximate surface area is 130 Å². The molecule has 0 bridgehead atoms. The highest BCUT2D eigenvalue weighted by molar-refractivity contribution is 9.10. The summed E-state index contributed by atoms with van der Waals surface area (Å²) in [6.45, 7) is 0. The molecule has 0 amide bonds. The minimum atomic E-state index is -0.723. The summed E-state index contributed by atoms with van der Waals surface area (Å²) in [7, 11) is 0. The van der Waals surface area contributed by atoms with Crippen LogP contribution in [-0.2, 0) is 4.79 Å². The maximum atomic E-state index is 11.0. The molecule has 104 valence electrons. The minimum Gasteiger partial charge on any atom is -0.481 e. The van der Waals surface area contributed by atoms with Crippen LogP contribution in [0.25, 0.3) is 0 Å². The van der Waals surface area contributed by atoms with E-state index in [0.29, 0.717) is 22.2 Å². The van der Waals surface area contributed by atoms with Gasteiger partial charge < -0.3 is 10.4 Å². The number of rotatable bonds is 3. The zero-order valence-corrected chi connectivity index (χ0v) is 13.2. The number of anilines is 1. The predicted octanol–water partition coefficient (Wildman–Crippen LogP) is 4.81. The van der Waals surface area contributed by atoms with Gasteiger partial charge in [-0.2, -0.15) is 0 Å². The molecule has 2 rings (SSSR count). The van der Waals surface area contributed by atoms with E-state index < -0.39 is 5.97 Å². The molecule has 0 aliphatic heterocycles. The lowest BCUT2D eigenvalue weighted by molar-refractivity contribution is -0.142. The van der Waals surface area contributed by atoms with E-state index in [1.54, 1.807) is 12.1 Å². The second kappa shape index (κ2) is 6.33. The molecular formula is C13H14BrCl2NO2. The predicted molar refractivity (Wildman–Crippen MR) is 81.2 cm³/mol. The van der Waals surface area contributed by atoms with Gasteiger partial charge in [-0.15, -0.1) is 0 Å². The highest BCUT2D eigenvalue weighted by Crippen LogP contribution is 2.36. The first kappa shape index (κ1) is 14.9. The molecule has 2 atom stereocenters. The molecule has 6 heteroatoms. The van der Waals surface area contributed by atoms with Crippen molar-refractivity contribution in [3.63, 3.8) is 0 Å². The number of aliphatic carboxylic acids is 1. The molecule has 0 saturated heterocycles. The number of carbonyl (C=O) groups is 1. The fraction of sp³-hybridized carbons (Fsp3) is 0.462. The zero-order chi connectivity index (χ0) is 14.0. The van der Waals surface area contributed by atoms with E-state index in [9.17, 15) is 4.79 Å². The van der Waals surface area contributed by atoms with Crippen LogP contribution < -0.4 is 5.32 Å². The van der Waals surface area contributed by atoms with Crippen molar-refractivity contribution in [1.82, 2.24) is 0 Å². The first-order chi connectivity index (χ1) is 8.97. The summed E-state index contributed by atoms with van der Waals surface area (Å²) in [6, 6.07) is 3.65. The van der Waals surface area contributed by atoms with E-state index in [2.05, 4.69) is 21.2 Å². The third kappa shape index (κ3) is 3.77. The fourth-order valence-electron chi connectivity index (χ4n) is 2.43. The second-order valence-electron chi connectivity index (χ2n) is 4.79. The quantitative estimate of drug-likeness (QED) is 0.806. The van der Waals surface area contributed by atoms with Crippen molar-refractivity contribution in [2.45, 2.75) is 31.7 Å². The molecule has 19 heavy (non-hydrogen) atoms. The SMILES string of the molecule is O=C(O)C1CCCC(Nc2c(Cl)cc(Br)cc2Cl)C1. The Hall–Kier alpha value is -0.450. The molecule has 0 radical (unpaired) electrons. The molecule has 3 nitrogen and oxygen atoms in total. The van der Waals surface area contributed by atoms with Crippen LogP contribution in [-0.4, -0.2) is 17.1 Å².